The minimum atomic E-state index is -1.23. The number of rotatable bonds is 4. The van der Waals surface area contributed by atoms with Crippen LogP contribution < -0.4 is 0 Å². The molecular weight excluding hydrogens is 342 g/mol. The topological polar surface area (TPSA) is 122 Å². The Morgan fingerprint density at radius 1 is 1.23 bits per heavy atom. The van der Waals surface area contributed by atoms with Gasteiger partial charge in [0.05, 0.1) is 6.10 Å². The van der Waals surface area contributed by atoms with Gasteiger partial charge in [0.25, 0.3) is 5.91 Å². The van der Waals surface area contributed by atoms with E-state index in [1.807, 2.05) is 0 Å². The van der Waals surface area contributed by atoms with Gasteiger partial charge in [-0.15, -0.1) is 0 Å². The van der Waals surface area contributed by atoms with Crippen LogP contribution in [0.1, 0.15) is 32.6 Å². The average Bonchev–Trinajstić information content (AvgIpc) is 3.38. The second-order valence-electron chi connectivity index (χ2n) is 7.69. The molecule has 1 aliphatic carbocycles. The number of piperazine rings is 1. The lowest BCUT2D eigenvalue weighted by atomic mass is 9.90. The normalized spacial score (nSPS) is 29.0. The van der Waals surface area contributed by atoms with Gasteiger partial charge in [-0.05, 0) is 38.0 Å². The Labute approximate surface area is 152 Å². The van der Waals surface area contributed by atoms with E-state index < -0.39 is 30.3 Å². The van der Waals surface area contributed by atoms with Gasteiger partial charge in [0, 0.05) is 32.7 Å². The number of β-amino-alcohol motifs (C(OH)–C–C–N with tert-alkyl or cyclic N) is 1. The van der Waals surface area contributed by atoms with Crippen molar-refractivity contribution in [1.29, 1.82) is 0 Å². The Kier molecular flexibility index (Phi) is 5.12. The quantitative estimate of drug-likeness (QED) is 0.604. The Morgan fingerprint density at radius 2 is 1.92 bits per heavy atom. The second-order valence-corrected chi connectivity index (χ2v) is 7.69. The molecule has 3 amide bonds. The summed E-state index contributed by atoms with van der Waals surface area (Å²) in [6.07, 6.45) is -0.0160. The zero-order valence-electron chi connectivity index (χ0n) is 15.0. The number of hydrogen-bond acceptors (Lipinski definition) is 5. The van der Waals surface area contributed by atoms with Crippen LogP contribution in [0.3, 0.4) is 0 Å². The van der Waals surface area contributed by atoms with Gasteiger partial charge in [-0.2, -0.15) is 0 Å². The summed E-state index contributed by atoms with van der Waals surface area (Å²) in [7, 11) is 0. The van der Waals surface area contributed by atoms with E-state index in [0.717, 1.165) is 24.2 Å². The summed E-state index contributed by atoms with van der Waals surface area (Å²) in [4.78, 5) is 39.8. The molecule has 0 bridgehead atoms. The van der Waals surface area contributed by atoms with Gasteiger partial charge in [-0.1, -0.05) is 0 Å². The van der Waals surface area contributed by atoms with Crippen molar-refractivity contribution >= 4 is 17.9 Å². The molecule has 3 fully saturated rings. The van der Waals surface area contributed by atoms with Crippen LogP contribution in [0.2, 0.25) is 0 Å². The highest BCUT2D eigenvalue weighted by molar-refractivity contribution is 5.86. The molecule has 26 heavy (non-hydrogen) atoms. The lowest BCUT2D eigenvalue weighted by molar-refractivity contribution is -0.147. The summed E-state index contributed by atoms with van der Waals surface area (Å²) < 4.78 is 0. The fraction of sp³-hybridized carbons (Fsp3) is 0.824. The van der Waals surface area contributed by atoms with Gasteiger partial charge in [0.15, 0.2) is 0 Å². The van der Waals surface area contributed by atoms with Crippen LogP contribution in [0, 0.1) is 5.41 Å². The molecule has 3 N–H and O–H groups in total. The van der Waals surface area contributed by atoms with Crippen molar-refractivity contribution in [2.24, 2.45) is 5.41 Å². The first-order chi connectivity index (χ1) is 12.2. The number of hydrogen-bond donors (Lipinski definition) is 3. The van der Waals surface area contributed by atoms with Gasteiger partial charge < -0.3 is 25.1 Å². The fourth-order valence-corrected chi connectivity index (χ4v) is 3.99. The minimum absolute atomic E-state index is 0.00585. The Hall–Kier alpha value is -1.87. The van der Waals surface area contributed by atoms with E-state index in [4.69, 9.17) is 5.11 Å². The molecule has 9 heteroatoms. The predicted molar refractivity (Wildman–Crippen MR) is 90.3 cm³/mol. The number of carbonyl (C=O) groups is 3. The van der Waals surface area contributed by atoms with E-state index in [1.165, 1.54) is 16.7 Å². The summed E-state index contributed by atoms with van der Waals surface area (Å²) in [5.74, 6) is -0.730. The molecule has 9 nitrogen and oxygen atoms in total. The number of carboxylic acid groups (broad SMARTS) is 1. The van der Waals surface area contributed by atoms with Crippen LogP contribution in [-0.2, 0) is 9.59 Å². The predicted octanol–water partition coefficient (Wildman–Crippen LogP) is -0.678. The number of aliphatic hydroxyl groups excluding tert-OH is 2. The summed E-state index contributed by atoms with van der Waals surface area (Å²) in [5, 5.41) is 29.5. The number of nitrogens with zero attached hydrogens (tertiary/aromatic N) is 3. The van der Waals surface area contributed by atoms with Crippen molar-refractivity contribution in [2.75, 3.05) is 32.7 Å². The van der Waals surface area contributed by atoms with E-state index in [2.05, 4.69) is 0 Å². The summed E-state index contributed by atoms with van der Waals surface area (Å²) in [6, 6.07) is -0.763. The lowest BCUT2D eigenvalue weighted by Gasteiger charge is -2.39. The van der Waals surface area contributed by atoms with E-state index >= 15 is 0 Å². The second kappa shape index (κ2) is 7.03. The maximum atomic E-state index is 12.4. The van der Waals surface area contributed by atoms with E-state index in [0.29, 0.717) is 6.54 Å². The van der Waals surface area contributed by atoms with Crippen LogP contribution in [0.25, 0.3) is 0 Å². The molecule has 2 heterocycles. The van der Waals surface area contributed by atoms with E-state index in [9.17, 15) is 24.6 Å². The first-order valence-electron chi connectivity index (χ1n) is 9.18. The molecule has 0 aromatic carbocycles. The third kappa shape index (κ3) is 3.50. The molecule has 1 spiro atoms. The maximum Gasteiger partial charge on any atom is 0.408 e. The van der Waals surface area contributed by atoms with Crippen molar-refractivity contribution in [1.82, 2.24) is 14.7 Å². The van der Waals surface area contributed by atoms with E-state index in [-0.39, 0.29) is 43.9 Å². The molecule has 1 unspecified atom stereocenters. The summed E-state index contributed by atoms with van der Waals surface area (Å²) in [5.41, 5.74) is -0.00585. The minimum Gasteiger partial charge on any atom is -0.465 e. The SMILES string of the molecule is C[C@H]1C(=O)N(CCC(O)C(=O)N2CCC3(CC3)[C@H](O)C2)CCN1C(=O)O. The van der Waals surface area contributed by atoms with Crippen LogP contribution in [-0.4, -0.2) is 98.9 Å². The summed E-state index contributed by atoms with van der Waals surface area (Å²) >= 11 is 0. The smallest absolute Gasteiger partial charge is 0.408 e. The van der Waals surface area contributed by atoms with Crippen LogP contribution >= 0.6 is 0 Å². The molecular formula is C17H27N3O6. The highest BCUT2D eigenvalue weighted by atomic mass is 16.4. The average molecular weight is 369 g/mol. The largest absolute Gasteiger partial charge is 0.465 e. The zero-order chi connectivity index (χ0) is 19.1. The molecule has 2 aliphatic heterocycles. The number of carbonyl (C=O) groups excluding carboxylic acids is 2. The fourth-order valence-electron chi connectivity index (χ4n) is 3.99. The molecule has 0 aromatic rings. The third-order valence-corrected chi connectivity index (χ3v) is 6.13. The van der Waals surface area contributed by atoms with Crippen LogP contribution in [0.5, 0.6) is 0 Å². The highest BCUT2D eigenvalue weighted by Crippen LogP contribution is 2.53. The first-order valence-corrected chi connectivity index (χ1v) is 9.18. The van der Waals surface area contributed by atoms with Crippen molar-refractivity contribution in [3.8, 4) is 0 Å². The van der Waals surface area contributed by atoms with Gasteiger partial charge in [0.2, 0.25) is 5.91 Å². The third-order valence-electron chi connectivity index (χ3n) is 6.13. The molecule has 0 aromatic heterocycles. The van der Waals surface area contributed by atoms with Gasteiger partial charge in [0.1, 0.15) is 12.1 Å². The Bertz CT molecular complexity index is 593. The Morgan fingerprint density at radius 3 is 2.50 bits per heavy atom. The van der Waals surface area contributed by atoms with Crippen molar-refractivity contribution in [3.05, 3.63) is 0 Å². The zero-order valence-corrected chi connectivity index (χ0v) is 15.0. The lowest BCUT2D eigenvalue weighted by Crippen LogP contribution is -2.57. The van der Waals surface area contributed by atoms with Gasteiger partial charge >= 0.3 is 6.09 Å². The van der Waals surface area contributed by atoms with E-state index in [1.54, 1.807) is 0 Å². The molecule has 3 aliphatic rings. The first kappa shape index (κ1) is 18.9. The number of aliphatic hydroxyl groups is 2. The van der Waals surface area contributed by atoms with Crippen molar-refractivity contribution in [2.45, 2.75) is 50.9 Å². The number of piperidine rings is 1. The molecule has 2 saturated heterocycles. The maximum absolute atomic E-state index is 12.4. The molecule has 3 atom stereocenters. The van der Waals surface area contributed by atoms with Crippen molar-refractivity contribution < 1.29 is 29.7 Å². The highest BCUT2D eigenvalue weighted by Gasteiger charge is 2.52. The standard InChI is InChI=1S/C17H27N3O6/c1-11-14(23)18(8-9-20(11)16(25)26)6-2-12(21)15(24)19-7-5-17(3-4-17)13(22)10-19/h11-13,21-22H,2-10H2,1H3,(H,25,26)/t11-,12?,13+/m0/s1. The van der Waals surface area contributed by atoms with Crippen LogP contribution in [0.15, 0.2) is 0 Å². The number of likely N-dealkylation sites (tertiary alicyclic amines) is 1. The van der Waals surface area contributed by atoms with Crippen LogP contribution in [0.4, 0.5) is 4.79 Å². The van der Waals surface area contributed by atoms with Gasteiger partial charge in [-0.25, -0.2) is 4.79 Å². The van der Waals surface area contributed by atoms with Crippen molar-refractivity contribution in [3.63, 3.8) is 0 Å². The Balaban J connectivity index is 1.48. The molecule has 146 valence electrons. The number of amides is 3. The molecule has 3 rings (SSSR count). The molecule has 1 saturated carbocycles. The monoisotopic (exact) mass is 369 g/mol. The van der Waals surface area contributed by atoms with Gasteiger partial charge in [-0.3, -0.25) is 14.5 Å². The summed E-state index contributed by atoms with van der Waals surface area (Å²) in [6.45, 7) is 2.99. The molecule has 0 radical (unpaired) electrons.